The molecule has 0 spiro atoms. The molecule has 1 aliphatic heterocycles. The summed E-state index contributed by atoms with van der Waals surface area (Å²) in [7, 11) is 0. The first kappa shape index (κ1) is 29.9. The van der Waals surface area contributed by atoms with E-state index in [-0.39, 0.29) is 11.5 Å². The number of hydrogen-bond donors (Lipinski definition) is 1. The predicted octanol–water partition coefficient (Wildman–Crippen LogP) is 6.00. The lowest BCUT2D eigenvalue weighted by Gasteiger charge is -2.33. The van der Waals surface area contributed by atoms with Gasteiger partial charge in [0.15, 0.2) is 17.4 Å². The van der Waals surface area contributed by atoms with Crippen molar-refractivity contribution in [3.05, 3.63) is 70.5 Å². The third-order valence-corrected chi connectivity index (χ3v) is 6.37. The summed E-state index contributed by atoms with van der Waals surface area (Å²) in [6.45, 7) is 8.91. The maximum absolute atomic E-state index is 15.2. The van der Waals surface area contributed by atoms with E-state index in [1.807, 2.05) is 24.3 Å². The van der Waals surface area contributed by atoms with E-state index in [1.165, 1.54) is 20.8 Å². The molecule has 2 amide bonds. The molecule has 0 unspecified atom stereocenters. The van der Waals surface area contributed by atoms with Gasteiger partial charge < -0.3 is 14.6 Å². The number of amides is 2. The number of halogens is 3. The van der Waals surface area contributed by atoms with Crippen LogP contribution in [0.15, 0.2) is 30.8 Å². The second kappa shape index (κ2) is 12.5. The molecule has 1 atom stereocenters. The zero-order chi connectivity index (χ0) is 28.9. The molecule has 39 heavy (non-hydrogen) atoms. The molecule has 1 N–H and O–H groups in total. The molecule has 0 aromatic heterocycles. The number of carboxylic acids is 1. The number of aliphatic carboxylic acids is 1. The molecule has 0 saturated heterocycles. The molecular weight excluding hydrogens is 515 g/mol. The minimum atomic E-state index is -1.75. The van der Waals surface area contributed by atoms with Gasteiger partial charge in [-0.15, -0.1) is 0 Å². The second-order valence-corrected chi connectivity index (χ2v) is 10.4. The largest absolute Gasteiger partial charge is 0.488 e. The maximum Gasteiger partial charge on any atom is 0.327 e. The molecule has 1 heterocycles. The van der Waals surface area contributed by atoms with Crippen LogP contribution in [0.2, 0.25) is 0 Å². The summed E-state index contributed by atoms with van der Waals surface area (Å²) >= 11 is 0. The Labute approximate surface area is 225 Å². The van der Waals surface area contributed by atoms with Crippen molar-refractivity contribution < 1.29 is 42.1 Å². The van der Waals surface area contributed by atoms with Crippen molar-refractivity contribution in [3.8, 4) is 5.75 Å². The van der Waals surface area contributed by atoms with E-state index in [9.17, 15) is 28.3 Å². The van der Waals surface area contributed by atoms with E-state index in [0.29, 0.717) is 26.1 Å². The topological polar surface area (TPSA) is 93.1 Å². The number of ether oxygens (including phenoxy) is 2. The molecule has 0 saturated carbocycles. The Morgan fingerprint density at radius 2 is 1.51 bits per heavy atom. The smallest absolute Gasteiger partial charge is 0.327 e. The maximum atomic E-state index is 15.2. The highest BCUT2D eigenvalue weighted by Gasteiger charge is 2.51. The van der Waals surface area contributed by atoms with Crippen LogP contribution in [0.3, 0.4) is 0 Å². The number of fused-ring (bicyclic) bond motifs is 1. The van der Waals surface area contributed by atoms with E-state index in [1.54, 1.807) is 6.08 Å². The second-order valence-electron chi connectivity index (χ2n) is 10.4. The minimum absolute atomic E-state index is 0.159. The fraction of sp³-hybridized carbons (Fsp3) is 0.414. The molecule has 0 radical (unpaired) electrons. The Kier molecular flexibility index (Phi) is 9.55. The van der Waals surface area contributed by atoms with Crippen LogP contribution in [0.25, 0.3) is 6.08 Å². The van der Waals surface area contributed by atoms with Crippen molar-refractivity contribution in [3.63, 3.8) is 0 Å². The van der Waals surface area contributed by atoms with Crippen molar-refractivity contribution in [1.29, 1.82) is 0 Å². The predicted molar refractivity (Wildman–Crippen MR) is 138 cm³/mol. The number of nitrogens with zero attached hydrogens (tertiary/aromatic N) is 1. The molecule has 0 bridgehead atoms. The van der Waals surface area contributed by atoms with Crippen LogP contribution in [-0.4, -0.2) is 47.0 Å². The monoisotopic (exact) mass is 547 g/mol. The Morgan fingerprint density at radius 3 is 2.05 bits per heavy atom. The summed E-state index contributed by atoms with van der Waals surface area (Å²) in [6, 6.07) is 6.10. The lowest BCUT2D eigenvalue weighted by atomic mass is 9.85. The van der Waals surface area contributed by atoms with Crippen molar-refractivity contribution in [1.82, 2.24) is 4.90 Å². The van der Waals surface area contributed by atoms with Gasteiger partial charge in [-0.2, -0.15) is 4.39 Å². The van der Waals surface area contributed by atoms with E-state index >= 15 is 4.39 Å². The van der Waals surface area contributed by atoms with Crippen molar-refractivity contribution >= 4 is 23.9 Å². The number of carboxylic acid groups (broad SMARTS) is 1. The molecule has 210 valence electrons. The van der Waals surface area contributed by atoms with Crippen molar-refractivity contribution in [2.45, 2.75) is 59.1 Å². The van der Waals surface area contributed by atoms with Gasteiger partial charge in [0, 0.05) is 6.61 Å². The van der Waals surface area contributed by atoms with E-state index in [0.717, 1.165) is 24.0 Å². The lowest BCUT2D eigenvalue weighted by molar-refractivity contribution is -0.145. The molecular formula is C29H32F3NO6. The number of imide groups is 1. The number of carbonyl (C=O) groups excluding carboxylic acids is 2. The average Bonchev–Trinajstić information content (AvgIpc) is 3.13. The SMILES string of the molecule is C=Cc1ccc(COCCCCCCOc2c(F)c(F)c3c(c2F)C(=O)N([C@H](C(=O)O)C(C)(C)C)C3=O)cc1. The van der Waals surface area contributed by atoms with Crippen LogP contribution in [0.5, 0.6) is 5.75 Å². The summed E-state index contributed by atoms with van der Waals surface area (Å²) in [5, 5.41) is 9.59. The van der Waals surface area contributed by atoms with Gasteiger partial charge >= 0.3 is 5.97 Å². The average molecular weight is 548 g/mol. The van der Waals surface area contributed by atoms with E-state index in [2.05, 4.69) is 6.58 Å². The molecule has 1 aliphatic rings. The van der Waals surface area contributed by atoms with Crippen LogP contribution >= 0.6 is 0 Å². The minimum Gasteiger partial charge on any atom is -0.488 e. The van der Waals surface area contributed by atoms with Gasteiger partial charge in [0.1, 0.15) is 6.04 Å². The first-order valence-electron chi connectivity index (χ1n) is 12.6. The molecule has 7 nitrogen and oxygen atoms in total. The van der Waals surface area contributed by atoms with E-state index in [4.69, 9.17) is 9.47 Å². The van der Waals surface area contributed by atoms with Crippen LogP contribution in [0.4, 0.5) is 13.2 Å². The number of unbranched alkanes of at least 4 members (excludes halogenated alkanes) is 3. The normalized spacial score (nSPS) is 13.9. The molecule has 0 fully saturated rings. The van der Waals surface area contributed by atoms with Crippen LogP contribution in [0, 0.1) is 22.9 Å². The first-order chi connectivity index (χ1) is 18.4. The molecule has 2 aromatic carbocycles. The number of rotatable bonds is 13. The Balaban J connectivity index is 1.55. The van der Waals surface area contributed by atoms with Gasteiger partial charge in [0.2, 0.25) is 5.82 Å². The Hall–Kier alpha value is -3.66. The third kappa shape index (κ3) is 6.50. The zero-order valence-electron chi connectivity index (χ0n) is 22.2. The summed E-state index contributed by atoms with van der Waals surface area (Å²) in [5.74, 6) is -10.4. The quantitative estimate of drug-likeness (QED) is 0.188. The van der Waals surface area contributed by atoms with Gasteiger partial charge in [0.05, 0.1) is 24.3 Å². The van der Waals surface area contributed by atoms with Crippen LogP contribution in [0.1, 0.15) is 78.3 Å². The van der Waals surface area contributed by atoms with Gasteiger partial charge in [-0.1, -0.05) is 64.1 Å². The summed E-state index contributed by atoms with van der Waals surface area (Å²) in [6.07, 6.45) is 4.31. The molecule has 10 heteroatoms. The standard InChI is InChI=1S/C29H32F3NO6/c1-5-17-10-12-18(13-11-17)16-38-14-8-6-7-9-15-39-24-22(31)20-19(21(30)23(24)32)26(34)33(27(20)35)25(28(36)37)29(2,3)4/h5,10-13,25H,1,6-9,14-16H2,2-4H3,(H,36,37)/t25-/m1/s1. The number of carbonyl (C=O) groups is 3. The molecule has 3 rings (SSSR count). The van der Waals surface area contributed by atoms with Crippen molar-refractivity contribution in [2.75, 3.05) is 13.2 Å². The zero-order valence-corrected chi connectivity index (χ0v) is 22.2. The lowest BCUT2D eigenvalue weighted by Crippen LogP contribution is -2.52. The van der Waals surface area contributed by atoms with Gasteiger partial charge in [-0.05, 0) is 35.8 Å². The highest BCUT2D eigenvalue weighted by Crippen LogP contribution is 2.39. The van der Waals surface area contributed by atoms with Gasteiger partial charge in [-0.3, -0.25) is 14.5 Å². The first-order valence-corrected chi connectivity index (χ1v) is 12.6. The molecule has 0 aliphatic carbocycles. The summed E-state index contributed by atoms with van der Waals surface area (Å²) < 4.78 is 55.5. The molecule has 2 aromatic rings. The third-order valence-electron chi connectivity index (χ3n) is 6.37. The highest BCUT2D eigenvalue weighted by molar-refractivity contribution is 6.23. The van der Waals surface area contributed by atoms with E-state index < -0.39 is 63.6 Å². The Morgan fingerprint density at radius 1 is 0.949 bits per heavy atom. The van der Waals surface area contributed by atoms with Crippen LogP contribution in [-0.2, 0) is 16.1 Å². The van der Waals surface area contributed by atoms with Crippen molar-refractivity contribution in [2.24, 2.45) is 5.41 Å². The summed E-state index contributed by atoms with van der Waals surface area (Å²) in [4.78, 5) is 37.7. The highest BCUT2D eigenvalue weighted by atomic mass is 19.2. The van der Waals surface area contributed by atoms with Gasteiger partial charge in [-0.25, -0.2) is 13.6 Å². The number of hydrogen-bond acceptors (Lipinski definition) is 5. The Bertz CT molecular complexity index is 1250. The number of benzene rings is 2. The van der Waals surface area contributed by atoms with Gasteiger partial charge in [0.25, 0.3) is 11.8 Å². The summed E-state index contributed by atoms with van der Waals surface area (Å²) in [5.41, 5.74) is -1.25. The van der Waals surface area contributed by atoms with Crippen LogP contribution < -0.4 is 4.74 Å². The fourth-order valence-electron chi connectivity index (χ4n) is 4.38. The fourth-order valence-corrected chi connectivity index (χ4v) is 4.38.